The fourth-order valence-electron chi connectivity index (χ4n) is 1.43. The molecule has 1 aliphatic carbocycles. The molecular weight excluding hydrogens is 314 g/mol. The summed E-state index contributed by atoms with van der Waals surface area (Å²) in [6.07, 6.45) is 1.90. The van der Waals surface area contributed by atoms with Crippen LogP contribution in [0.25, 0.3) is 0 Å². The average molecular weight is 326 g/mol. The van der Waals surface area contributed by atoms with E-state index in [-0.39, 0.29) is 10.3 Å². The van der Waals surface area contributed by atoms with Crippen molar-refractivity contribution >= 4 is 37.3 Å². The Morgan fingerprint density at radius 2 is 2.19 bits per heavy atom. The van der Waals surface area contributed by atoms with Crippen molar-refractivity contribution in [3.63, 3.8) is 0 Å². The van der Waals surface area contributed by atoms with Gasteiger partial charge in [0.2, 0.25) is 0 Å². The van der Waals surface area contributed by atoms with Gasteiger partial charge in [-0.15, -0.1) is 11.3 Å². The molecule has 0 amide bonds. The first-order chi connectivity index (χ1) is 7.48. The number of halogens is 1. The first-order valence-electron chi connectivity index (χ1n) is 4.77. The fourth-order valence-corrected chi connectivity index (χ4v) is 5.23. The third kappa shape index (κ3) is 2.01. The second-order valence-corrected chi connectivity index (χ2v) is 7.58. The first kappa shape index (κ1) is 12.3. The number of ether oxygens (including phenoxy) is 1. The largest absolute Gasteiger partial charge is 0.493 e. The lowest BCUT2D eigenvalue weighted by molar-refractivity contribution is 0.399. The SMILES string of the molecule is COc1c(Br)csc1S(=O)(=O)N(C)C1CC1. The summed E-state index contributed by atoms with van der Waals surface area (Å²) in [4.78, 5) is 0. The Hall–Kier alpha value is -0.110. The van der Waals surface area contributed by atoms with Crippen LogP contribution >= 0.6 is 27.3 Å². The summed E-state index contributed by atoms with van der Waals surface area (Å²) >= 11 is 4.45. The molecule has 16 heavy (non-hydrogen) atoms. The molecule has 1 aliphatic rings. The van der Waals surface area contributed by atoms with Crippen LogP contribution in [0.4, 0.5) is 0 Å². The topological polar surface area (TPSA) is 46.6 Å². The molecule has 0 bridgehead atoms. The van der Waals surface area contributed by atoms with Crippen molar-refractivity contribution in [3.8, 4) is 5.75 Å². The molecule has 1 aromatic rings. The van der Waals surface area contributed by atoms with E-state index >= 15 is 0 Å². The van der Waals surface area contributed by atoms with E-state index in [0.717, 1.165) is 12.8 Å². The normalized spacial score (nSPS) is 16.8. The van der Waals surface area contributed by atoms with Gasteiger partial charge in [0, 0.05) is 18.5 Å². The first-order valence-corrected chi connectivity index (χ1v) is 7.88. The van der Waals surface area contributed by atoms with Gasteiger partial charge in [-0.25, -0.2) is 8.42 Å². The van der Waals surface area contributed by atoms with Crippen LogP contribution in [0.1, 0.15) is 12.8 Å². The molecule has 0 saturated heterocycles. The second-order valence-electron chi connectivity index (χ2n) is 3.66. The van der Waals surface area contributed by atoms with E-state index in [1.807, 2.05) is 0 Å². The van der Waals surface area contributed by atoms with Gasteiger partial charge < -0.3 is 4.74 Å². The molecule has 1 heterocycles. The molecular formula is C9H12BrNO3S2. The number of methoxy groups -OCH3 is 1. The number of hydrogen-bond acceptors (Lipinski definition) is 4. The zero-order valence-corrected chi connectivity index (χ0v) is 12.2. The molecule has 1 fully saturated rings. The highest BCUT2D eigenvalue weighted by Crippen LogP contribution is 2.41. The van der Waals surface area contributed by atoms with E-state index in [1.165, 1.54) is 22.8 Å². The Morgan fingerprint density at radius 3 is 2.69 bits per heavy atom. The molecule has 2 rings (SSSR count). The number of hydrogen-bond donors (Lipinski definition) is 0. The van der Waals surface area contributed by atoms with E-state index in [9.17, 15) is 8.42 Å². The third-order valence-electron chi connectivity index (χ3n) is 2.55. The van der Waals surface area contributed by atoms with Crippen molar-refractivity contribution in [3.05, 3.63) is 9.85 Å². The van der Waals surface area contributed by atoms with Crippen molar-refractivity contribution in [1.82, 2.24) is 4.31 Å². The minimum Gasteiger partial charge on any atom is -0.493 e. The lowest BCUT2D eigenvalue weighted by atomic mass is 10.6. The summed E-state index contributed by atoms with van der Waals surface area (Å²) in [5.41, 5.74) is 0. The van der Waals surface area contributed by atoms with E-state index in [4.69, 9.17) is 4.74 Å². The van der Waals surface area contributed by atoms with Crippen LogP contribution in [0.2, 0.25) is 0 Å². The van der Waals surface area contributed by atoms with Gasteiger partial charge in [-0.3, -0.25) is 0 Å². The highest BCUT2D eigenvalue weighted by atomic mass is 79.9. The zero-order chi connectivity index (χ0) is 11.9. The zero-order valence-electron chi connectivity index (χ0n) is 8.94. The van der Waals surface area contributed by atoms with Crippen molar-refractivity contribution in [2.75, 3.05) is 14.2 Å². The van der Waals surface area contributed by atoms with Crippen molar-refractivity contribution in [1.29, 1.82) is 0 Å². The molecule has 7 heteroatoms. The van der Waals surface area contributed by atoms with Gasteiger partial charge >= 0.3 is 0 Å². The van der Waals surface area contributed by atoms with Gasteiger partial charge in [0.1, 0.15) is 0 Å². The maximum Gasteiger partial charge on any atom is 0.256 e. The van der Waals surface area contributed by atoms with Crippen LogP contribution in [0.5, 0.6) is 5.75 Å². The monoisotopic (exact) mass is 325 g/mol. The summed E-state index contributed by atoms with van der Waals surface area (Å²) in [6, 6.07) is 0.163. The molecule has 1 aromatic heterocycles. The van der Waals surface area contributed by atoms with Gasteiger partial charge in [-0.2, -0.15) is 4.31 Å². The van der Waals surface area contributed by atoms with E-state index in [0.29, 0.717) is 10.2 Å². The van der Waals surface area contributed by atoms with Crippen LogP contribution < -0.4 is 4.74 Å². The Morgan fingerprint density at radius 1 is 1.56 bits per heavy atom. The summed E-state index contributed by atoms with van der Waals surface area (Å²) in [5.74, 6) is 0.400. The molecule has 0 spiro atoms. The van der Waals surface area contributed by atoms with Gasteiger partial charge in [0.05, 0.1) is 11.6 Å². The minimum atomic E-state index is -3.40. The average Bonchev–Trinajstić information content (AvgIpc) is 3.00. The number of sulfonamides is 1. The van der Waals surface area contributed by atoms with E-state index in [1.54, 1.807) is 12.4 Å². The number of nitrogens with zero attached hydrogens (tertiary/aromatic N) is 1. The van der Waals surface area contributed by atoms with Crippen molar-refractivity contribution in [2.45, 2.75) is 23.1 Å². The minimum absolute atomic E-state index is 0.163. The van der Waals surface area contributed by atoms with Crippen LogP contribution in [0.15, 0.2) is 14.1 Å². The van der Waals surface area contributed by atoms with Gasteiger partial charge in [-0.1, -0.05) is 0 Å². The van der Waals surface area contributed by atoms with Crippen LogP contribution in [-0.2, 0) is 10.0 Å². The Balaban J connectivity index is 2.42. The molecule has 0 aliphatic heterocycles. The molecule has 4 nitrogen and oxygen atoms in total. The lowest BCUT2D eigenvalue weighted by Gasteiger charge is -2.15. The summed E-state index contributed by atoms with van der Waals surface area (Å²) in [6.45, 7) is 0. The fraction of sp³-hybridized carbons (Fsp3) is 0.556. The molecule has 0 radical (unpaired) electrons. The highest BCUT2D eigenvalue weighted by molar-refractivity contribution is 9.10. The molecule has 90 valence electrons. The second kappa shape index (κ2) is 4.29. The summed E-state index contributed by atoms with van der Waals surface area (Å²) in [5, 5.41) is 1.73. The highest BCUT2D eigenvalue weighted by Gasteiger charge is 2.37. The smallest absolute Gasteiger partial charge is 0.256 e. The van der Waals surface area contributed by atoms with Crippen molar-refractivity contribution in [2.24, 2.45) is 0 Å². The lowest BCUT2D eigenvalue weighted by Crippen LogP contribution is -2.28. The van der Waals surface area contributed by atoms with Crippen LogP contribution in [0, 0.1) is 0 Å². The maximum atomic E-state index is 12.2. The van der Waals surface area contributed by atoms with Crippen LogP contribution in [0.3, 0.4) is 0 Å². The van der Waals surface area contributed by atoms with E-state index in [2.05, 4.69) is 15.9 Å². The molecule has 0 atom stereocenters. The van der Waals surface area contributed by atoms with Crippen LogP contribution in [-0.4, -0.2) is 32.9 Å². The maximum absolute atomic E-state index is 12.2. The standard InChI is InChI=1S/C9H12BrNO3S2/c1-11(6-3-4-6)16(12,13)9-8(14-2)7(10)5-15-9/h5-6H,3-4H2,1-2H3. The summed E-state index contributed by atoms with van der Waals surface area (Å²) < 4.78 is 32.0. The van der Waals surface area contributed by atoms with Gasteiger partial charge in [0.25, 0.3) is 10.0 Å². The van der Waals surface area contributed by atoms with Gasteiger partial charge in [0.15, 0.2) is 9.96 Å². The Kier molecular flexibility index (Phi) is 3.31. The molecule has 0 aromatic carbocycles. The van der Waals surface area contributed by atoms with Gasteiger partial charge in [-0.05, 0) is 28.8 Å². The molecule has 0 N–H and O–H groups in total. The molecule has 1 saturated carbocycles. The third-order valence-corrected chi connectivity index (χ3v) is 6.83. The van der Waals surface area contributed by atoms with E-state index < -0.39 is 10.0 Å². The molecule has 0 unspecified atom stereocenters. The quantitative estimate of drug-likeness (QED) is 0.853. The number of thiophene rings is 1. The Bertz CT molecular complexity index is 493. The number of rotatable bonds is 4. The predicted molar refractivity (Wildman–Crippen MR) is 66.5 cm³/mol. The summed E-state index contributed by atoms with van der Waals surface area (Å²) in [7, 11) is -0.301. The van der Waals surface area contributed by atoms with Crippen molar-refractivity contribution < 1.29 is 13.2 Å². The Labute approximate surface area is 107 Å². The predicted octanol–water partition coefficient (Wildman–Crippen LogP) is 2.30.